The molecule has 9 nitrogen and oxygen atoms in total. The molecule has 0 unspecified atom stereocenters. The highest BCUT2D eigenvalue weighted by Gasteiger charge is 2.20. The zero-order chi connectivity index (χ0) is 18.6. The number of anilines is 2. The van der Waals surface area contributed by atoms with Gasteiger partial charge in [-0.3, -0.25) is 25.5 Å². The predicted molar refractivity (Wildman–Crippen MR) is 93.0 cm³/mol. The Hall–Kier alpha value is -3.01. The van der Waals surface area contributed by atoms with E-state index in [9.17, 15) is 19.7 Å². The fourth-order valence-corrected chi connectivity index (χ4v) is 2.40. The second-order valence-electron chi connectivity index (χ2n) is 5.89. The number of benzene rings is 1. The first-order chi connectivity index (χ1) is 11.7. The lowest BCUT2D eigenvalue weighted by molar-refractivity contribution is -0.380. The summed E-state index contributed by atoms with van der Waals surface area (Å²) in [6.45, 7) is 5.17. The van der Waals surface area contributed by atoms with Crippen LogP contribution in [0.3, 0.4) is 0 Å². The molecule has 2 aromatic rings. The Kier molecular flexibility index (Phi) is 5.32. The fourth-order valence-electron chi connectivity index (χ4n) is 1.78. The van der Waals surface area contributed by atoms with Crippen molar-refractivity contribution in [3.05, 3.63) is 46.1 Å². The number of hydrogen-bond acceptors (Lipinski definition) is 7. The van der Waals surface area contributed by atoms with E-state index in [0.29, 0.717) is 0 Å². The summed E-state index contributed by atoms with van der Waals surface area (Å²) in [4.78, 5) is 38.1. The summed E-state index contributed by atoms with van der Waals surface area (Å²) < 4.78 is 5.16. The Labute approximate surface area is 147 Å². The average molecular weight is 364 g/mol. The molecule has 132 valence electrons. The molecule has 25 heavy (non-hydrogen) atoms. The number of aromatic nitrogens is 1. The predicted octanol–water partition coefficient (Wildman–Crippen LogP) is 3.65. The van der Waals surface area contributed by atoms with Crippen LogP contribution < -0.4 is 10.6 Å². The molecule has 0 aliphatic carbocycles. The first kappa shape index (κ1) is 18.3. The summed E-state index contributed by atoms with van der Waals surface area (Å²) >= 11 is 0.737. The van der Waals surface area contributed by atoms with Crippen molar-refractivity contribution in [1.29, 1.82) is 0 Å². The number of nitrogens with zero attached hydrogens (tertiary/aromatic N) is 2. The van der Waals surface area contributed by atoms with Crippen molar-refractivity contribution in [2.75, 3.05) is 10.6 Å². The number of para-hydroxylation sites is 1. The SMILES string of the molecule is CC(C)(C)OC(=O)Nc1ccccc1C(=O)Nc1ncc([N+](=O)[O-])s1. The van der Waals surface area contributed by atoms with Gasteiger partial charge in [0.15, 0.2) is 5.13 Å². The van der Waals surface area contributed by atoms with E-state index in [1.54, 1.807) is 39.0 Å². The molecule has 0 bridgehead atoms. The molecule has 10 heteroatoms. The number of rotatable bonds is 4. The summed E-state index contributed by atoms with van der Waals surface area (Å²) in [6.07, 6.45) is 0.364. The third-order valence-electron chi connectivity index (χ3n) is 2.70. The maximum atomic E-state index is 12.4. The van der Waals surface area contributed by atoms with Gasteiger partial charge >= 0.3 is 11.1 Å². The highest BCUT2D eigenvalue weighted by Crippen LogP contribution is 2.26. The third kappa shape index (κ3) is 5.24. The Morgan fingerprint density at radius 1 is 1.24 bits per heavy atom. The van der Waals surface area contributed by atoms with Gasteiger partial charge in [-0.15, -0.1) is 0 Å². The summed E-state index contributed by atoms with van der Waals surface area (Å²) in [5, 5.41) is 15.5. The number of amides is 2. The van der Waals surface area contributed by atoms with Crippen molar-refractivity contribution in [2.45, 2.75) is 26.4 Å². The molecule has 0 saturated carbocycles. The van der Waals surface area contributed by atoms with Crippen molar-refractivity contribution in [2.24, 2.45) is 0 Å². The monoisotopic (exact) mass is 364 g/mol. The Bertz CT molecular complexity index is 812. The van der Waals surface area contributed by atoms with Gasteiger partial charge in [0.05, 0.1) is 16.2 Å². The van der Waals surface area contributed by atoms with Gasteiger partial charge in [-0.2, -0.15) is 0 Å². The van der Waals surface area contributed by atoms with Crippen molar-refractivity contribution >= 4 is 39.2 Å². The summed E-state index contributed by atoms with van der Waals surface area (Å²) in [7, 11) is 0. The first-order valence-electron chi connectivity index (χ1n) is 7.16. The zero-order valence-corrected chi connectivity index (χ0v) is 14.5. The lowest BCUT2D eigenvalue weighted by atomic mass is 10.1. The van der Waals surface area contributed by atoms with E-state index in [1.165, 1.54) is 6.07 Å². The third-order valence-corrected chi connectivity index (χ3v) is 3.57. The minimum atomic E-state index is -0.697. The molecule has 2 N–H and O–H groups in total. The van der Waals surface area contributed by atoms with Crippen LogP contribution in [0.5, 0.6) is 0 Å². The van der Waals surface area contributed by atoms with Gasteiger partial charge < -0.3 is 4.74 Å². The molecule has 0 radical (unpaired) electrons. The molecular weight excluding hydrogens is 348 g/mol. The molecule has 0 saturated heterocycles. The molecule has 1 heterocycles. The number of thiazole rings is 1. The molecule has 0 atom stereocenters. The highest BCUT2D eigenvalue weighted by atomic mass is 32.1. The number of hydrogen-bond donors (Lipinski definition) is 2. The van der Waals surface area contributed by atoms with Gasteiger partial charge in [0.1, 0.15) is 11.8 Å². The number of nitro groups is 1. The first-order valence-corrected chi connectivity index (χ1v) is 7.98. The van der Waals surface area contributed by atoms with Gasteiger partial charge in [-0.1, -0.05) is 12.1 Å². The Balaban J connectivity index is 2.14. The van der Waals surface area contributed by atoms with E-state index in [1.807, 2.05) is 0 Å². The number of nitrogens with one attached hydrogen (secondary N) is 2. The number of carbonyl (C=O) groups is 2. The standard InChI is InChI=1S/C15H16N4O5S/c1-15(2,3)24-14(21)17-10-7-5-4-6-9(10)12(20)18-13-16-8-11(25-13)19(22)23/h4-8H,1-3H3,(H,17,21)(H,16,18,20). The van der Waals surface area contributed by atoms with Crippen molar-refractivity contribution < 1.29 is 19.2 Å². The Morgan fingerprint density at radius 2 is 1.92 bits per heavy atom. The van der Waals surface area contributed by atoms with Crippen LogP contribution in [0.15, 0.2) is 30.5 Å². The molecule has 0 aliphatic rings. The van der Waals surface area contributed by atoms with Gasteiger partial charge in [0.2, 0.25) is 0 Å². The van der Waals surface area contributed by atoms with Gasteiger partial charge in [0.25, 0.3) is 5.91 Å². The zero-order valence-electron chi connectivity index (χ0n) is 13.7. The lowest BCUT2D eigenvalue weighted by Gasteiger charge is -2.20. The Morgan fingerprint density at radius 3 is 2.52 bits per heavy atom. The summed E-state index contributed by atoms with van der Waals surface area (Å²) in [5.41, 5.74) is -0.257. The van der Waals surface area contributed by atoms with E-state index in [4.69, 9.17) is 4.74 Å². The fraction of sp³-hybridized carbons (Fsp3) is 0.267. The van der Waals surface area contributed by atoms with Crippen molar-refractivity contribution in [3.8, 4) is 0 Å². The molecule has 2 rings (SSSR count). The van der Waals surface area contributed by atoms with Crippen LogP contribution in [0.1, 0.15) is 31.1 Å². The van der Waals surface area contributed by atoms with Crippen molar-refractivity contribution in [1.82, 2.24) is 4.98 Å². The van der Waals surface area contributed by atoms with Gasteiger partial charge in [-0.25, -0.2) is 9.78 Å². The second kappa shape index (κ2) is 7.26. The number of carbonyl (C=O) groups excluding carboxylic acids is 2. The minimum absolute atomic E-state index is 0.0868. The molecule has 0 fully saturated rings. The maximum Gasteiger partial charge on any atom is 0.412 e. The van der Waals surface area contributed by atoms with Crippen LogP contribution in [0.4, 0.5) is 20.6 Å². The van der Waals surface area contributed by atoms with Gasteiger partial charge in [-0.05, 0) is 44.2 Å². The molecule has 2 amide bonds. The normalized spacial score (nSPS) is 10.8. The smallest absolute Gasteiger partial charge is 0.412 e. The second-order valence-corrected chi connectivity index (χ2v) is 6.90. The van der Waals surface area contributed by atoms with Gasteiger partial charge in [0, 0.05) is 0 Å². The van der Waals surface area contributed by atoms with E-state index < -0.39 is 22.5 Å². The van der Waals surface area contributed by atoms with Crippen LogP contribution in [0.25, 0.3) is 0 Å². The van der Waals surface area contributed by atoms with E-state index in [-0.39, 0.29) is 21.4 Å². The van der Waals surface area contributed by atoms with Crippen LogP contribution in [0.2, 0.25) is 0 Å². The van der Waals surface area contributed by atoms with E-state index in [0.717, 1.165) is 17.5 Å². The molecular formula is C15H16N4O5S. The van der Waals surface area contributed by atoms with E-state index in [2.05, 4.69) is 15.6 Å². The maximum absolute atomic E-state index is 12.4. The largest absolute Gasteiger partial charge is 0.444 e. The van der Waals surface area contributed by atoms with Crippen LogP contribution in [-0.2, 0) is 4.74 Å². The van der Waals surface area contributed by atoms with Crippen LogP contribution in [0, 0.1) is 10.1 Å². The van der Waals surface area contributed by atoms with Crippen LogP contribution >= 0.6 is 11.3 Å². The number of ether oxygens (including phenoxy) is 1. The molecule has 1 aromatic heterocycles. The summed E-state index contributed by atoms with van der Waals surface area (Å²) in [5.74, 6) is -0.559. The van der Waals surface area contributed by atoms with E-state index >= 15 is 0 Å². The molecule has 0 aliphatic heterocycles. The lowest BCUT2D eigenvalue weighted by Crippen LogP contribution is -2.28. The highest BCUT2D eigenvalue weighted by molar-refractivity contribution is 7.18. The molecule has 0 spiro atoms. The summed E-state index contributed by atoms with van der Waals surface area (Å²) in [6, 6.07) is 6.32. The topological polar surface area (TPSA) is 123 Å². The average Bonchev–Trinajstić information content (AvgIpc) is 2.94. The quantitative estimate of drug-likeness (QED) is 0.630. The van der Waals surface area contributed by atoms with Crippen molar-refractivity contribution in [3.63, 3.8) is 0 Å². The minimum Gasteiger partial charge on any atom is -0.444 e. The van der Waals surface area contributed by atoms with Crippen LogP contribution in [-0.4, -0.2) is 27.5 Å². The molecule has 1 aromatic carbocycles.